The van der Waals surface area contributed by atoms with Crippen molar-refractivity contribution in [1.82, 2.24) is 15.1 Å². The first kappa shape index (κ1) is 16.5. The van der Waals surface area contributed by atoms with Crippen LogP contribution in [0.3, 0.4) is 0 Å². The summed E-state index contributed by atoms with van der Waals surface area (Å²) in [6.07, 6.45) is 2.58. The second-order valence-electron chi connectivity index (χ2n) is 5.47. The van der Waals surface area contributed by atoms with Gasteiger partial charge >= 0.3 is 0 Å². The topological polar surface area (TPSA) is 65.8 Å². The lowest BCUT2D eigenvalue weighted by atomic mass is 10.2. The highest BCUT2D eigenvalue weighted by molar-refractivity contribution is 5.90. The maximum Gasteiger partial charge on any atom is 0.242 e. The molecule has 1 aliphatic rings. The first-order chi connectivity index (χ1) is 10.7. The monoisotopic (exact) mass is 307 g/mol. The van der Waals surface area contributed by atoms with E-state index in [1.54, 1.807) is 17.2 Å². The maximum absolute atomic E-state index is 12.3. The second kappa shape index (κ2) is 7.98. The molecule has 0 bridgehead atoms. The van der Waals surface area contributed by atoms with Crippen molar-refractivity contribution in [2.45, 2.75) is 39.3 Å². The molecule has 2 heterocycles. The number of nitrogens with one attached hydrogen (secondary N) is 1. The number of carbonyl (C=O) groups excluding carboxylic acids is 2. The lowest BCUT2D eigenvalue weighted by molar-refractivity contribution is -0.136. The predicted molar refractivity (Wildman–Crippen MR) is 83.1 cm³/mol. The van der Waals surface area contributed by atoms with Gasteiger partial charge in [-0.2, -0.15) is 0 Å². The molecule has 122 valence electrons. The molecule has 2 amide bonds. The van der Waals surface area contributed by atoms with E-state index in [9.17, 15) is 9.59 Å². The van der Waals surface area contributed by atoms with Gasteiger partial charge in [0.25, 0.3) is 0 Å². The zero-order valence-electron chi connectivity index (χ0n) is 13.4. The Morgan fingerprint density at radius 3 is 2.86 bits per heavy atom. The lowest BCUT2D eigenvalue weighted by Crippen LogP contribution is -2.46. The Morgan fingerprint density at radius 2 is 2.23 bits per heavy atom. The van der Waals surface area contributed by atoms with Crippen LogP contribution in [0.15, 0.2) is 22.8 Å². The Balaban J connectivity index is 1.86. The van der Waals surface area contributed by atoms with E-state index in [-0.39, 0.29) is 17.9 Å². The fourth-order valence-corrected chi connectivity index (χ4v) is 2.77. The number of rotatable bonds is 8. The van der Waals surface area contributed by atoms with Crippen LogP contribution in [-0.4, -0.2) is 53.8 Å². The summed E-state index contributed by atoms with van der Waals surface area (Å²) in [6.45, 7) is 7.95. The van der Waals surface area contributed by atoms with Crippen molar-refractivity contribution in [1.29, 1.82) is 0 Å². The molecular formula is C16H25N3O3. The average molecular weight is 307 g/mol. The molecule has 0 radical (unpaired) electrons. The van der Waals surface area contributed by atoms with Gasteiger partial charge in [0.2, 0.25) is 11.8 Å². The van der Waals surface area contributed by atoms with Gasteiger partial charge in [-0.25, -0.2) is 0 Å². The fourth-order valence-electron chi connectivity index (χ4n) is 2.77. The summed E-state index contributed by atoms with van der Waals surface area (Å²) >= 11 is 0. The molecule has 0 aliphatic carbocycles. The molecule has 1 N–H and O–H groups in total. The first-order valence-corrected chi connectivity index (χ1v) is 7.97. The van der Waals surface area contributed by atoms with E-state index < -0.39 is 0 Å². The number of likely N-dealkylation sites (tertiary alicyclic amines) is 1. The highest BCUT2D eigenvalue weighted by Crippen LogP contribution is 2.21. The summed E-state index contributed by atoms with van der Waals surface area (Å²) in [5, 5.41) is 2.95. The molecular weight excluding hydrogens is 282 g/mol. The van der Waals surface area contributed by atoms with E-state index in [0.29, 0.717) is 31.7 Å². The summed E-state index contributed by atoms with van der Waals surface area (Å²) in [6, 6.07) is 3.23. The first-order valence-electron chi connectivity index (χ1n) is 7.97. The van der Waals surface area contributed by atoms with Crippen LogP contribution in [0.25, 0.3) is 0 Å². The molecule has 6 nitrogen and oxygen atoms in total. The van der Waals surface area contributed by atoms with Crippen LogP contribution in [0.4, 0.5) is 0 Å². The number of nitrogens with zero attached hydrogens (tertiary/aromatic N) is 2. The van der Waals surface area contributed by atoms with E-state index in [1.807, 2.05) is 6.07 Å². The number of carbonyl (C=O) groups is 2. The minimum Gasteiger partial charge on any atom is -0.467 e. The van der Waals surface area contributed by atoms with Crippen LogP contribution < -0.4 is 5.32 Å². The smallest absolute Gasteiger partial charge is 0.242 e. The van der Waals surface area contributed by atoms with Crippen molar-refractivity contribution in [3.05, 3.63) is 24.2 Å². The second-order valence-corrected chi connectivity index (χ2v) is 5.47. The van der Waals surface area contributed by atoms with Crippen LogP contribution in [0, 0.1) is 0 Å². The van der Waals surface area contributed by atoms with E-state index in [0.717, 1.165) is 19.6 Å². The molecule has 1 aromatic heterocycles. The van der Waals surface area contributed by atoms with Gasteiger partial charge in [0, 0.05) is 19.5 Å². The molecule has 6 heteroatoms. The van der Waals surface area contributed by atoms with Gasteiger partial charge in [-0.15, -0.1) is 0 Å². The molecule has 0 saturated carbocycles. The van der Waals surface area contributed by atoms with E-state index in [4.69, 9.17) is 4.42 Å². The molecule has 22 heavy (non-hydrogen) atoms. The normalized spacial score (nSPS) is 18.2. The summed E-state index contributed by atoms with van der Waals surface area (Å²) in [4.78, 5) is 28.2. The van der Waals surface area contributed by atoms with Crippen LogP contribution in [-0.2, 0) is 16.1 Å². The van der Waals surface area contributed by atoms with E-state index in [1.165, 1.54) is 0 Å². The van der Waals surface area contributed by atoms with Crippen LogP contribution in [0.2, 0.25) is 0 Å². The summed E-state index contributed by atoms with van der Waals surface area (Å²) in [5.74, 6) is 0.654. The molecule has 0 spiro atoms. The zero-order valence-corrected chi connectivity index (χ0v) is 13.4. The highest BCUT2D eigenvalue weighted by atomic mass is 16.3. The van der Waals surface area contributed by atoms with Gasteiger partial charge in [-0.3, -0.25) is 9.59 Å². The van der Waals surface area contributed by atoms with Gasteiger partial charge in [0.15, 0.2) is 0 Å². The van der Waals surface area contributed by atoms with E-state index in [2.05, 4.69) is 24.1 Å². The van der Waals surface area contributed by atoms with Crippen molar-refractivity contribution in [3.63, 3.8) is 0 Å². The average Bonchev–Trinajstić information content (AvgIpc) is 3.15. The Morgan fingerprint density at radius 1 is 1.45 bits per heavy atom. The molecule has 1 fully saturated rings. The van der Waals surface area contributed by atoms with Gasteiger partial charge in [0.1, 0.15) is 11.8 Å². The minimum atomic E-state index is -0.380. The molecule has 1 unspecified atom stereocenters. The zero-order chi connectivity index (χ0) is 15.9. The molecule has 0 aromatic carbocycles. The van der Waals surface area contributed by atoms with Crippen molar-refractivity contribution < 1.29 is 14.0 Å². The Hall–Kier alpha value is -1.82. The SMILES string of the molecule is CCN(CC)CCNC(=O)C1CCC(=O)N1Cc1ccco1. The van der Waals surface area contributed by atoms with Crippen molar-refractivity contribution in [3.8, 4) is 0 Å². The van der Waals surface area contributed by atoms with Crippen molar-refractivity contribution in [2.75, 3.05) is 26.2 Å². The van der Waals surface area contributed by atoms with Gasteiger partial charge in [-0.1, -0.05) is 13.8 Å². The standard InChI is InChI=1S/C16H25N3O3/c1-3-18(4-2)10-9-17-16(21)14-7-8-15(20)19(14)12-13-6-5-11-22-13/h5-6,11,14H,3-4,7-10,12H2,1-2H3,(H,17,21). The quantitative estimate of drug-likeness (QED) is 0.784. The Bertz CT molecular complexity index is 483. The summed E-state index contributed by atoms with van der Waals surface area (Å²) in [7, 11) is 0. The fraction of sp³-hybridized carbons (Fsp3) is 0.625. The summed E-state index contributed by atoms with van der Waals surface area (Å²) in [5.41, 5.74) is 0. The molecule has 1 saturated heterocycles. The predicted octanol–water partition coefficient (Wildman–Crippen LogP) is 1.23. The van der Waals surface area contributed by atoms with Gasteiger partial charge < -0.3 is 19.5 Å². The minimum absolute atomic E-state index is 0.0142. The third-order valence-corrected chi connectivity index (χ3v) is 4.16. The molecule has 2 rings (SSSR count). The number of amides is 2. The number of likely N-dealkylation sites (N-methyl/N-ethyl adjacent to an activating group) is 1. The Kier molecular flexibility index (Phi) is 6.00. The van der Waals surface area contributed by atoms with Crippen molar-refractivity contribution in [2.24, 2.45) is 0 Å². The molecule has 1 atom stereocenters. The van der Waals surface area contributed by atoms with Gasteiger partial charge in [0.05, 0.1) is 12.8 Å². The van der Waals surface area contributed by atoms with Crippen LogP contribution in [0.5, 0.6) is 0 Å². The van der Waals surface area contributed by atoms with Crippen LogP contribution in [0.1, 0.15) is 32.4 Å². The van der Waals surface area contributed by atoms with Crippen LogP contribution >= 0.6 is 0 Å². The largest absolute Gasteiger partial charge is 0.467 e. The maximum atomic E-state index is 12.3. The molecule has 1 aromatic rings. The number of hydrogen-bond donors (Lipinski definition) is 1. The third-order valence-electron chi connectivity index (χ3n) is 4.16. The molecule has 1 aliphatic heterocycles. The number of furan rings is 1. The highest BCUT2D eigenvalue weighted by Gasteiger charge is 2.36. The third kappa shape index (κ3) is 4.10. The van der Waals surface area contributed by atoms with E-state index >= 15 is 0 Å². The van der Waals surface area contributed by atoms with Crippen molar-refractivity contribution >= 4 is 11.8 Å². The lowest BCUT2D eigenvalue weighted by Gasteiger charge is -2.24. The summed E-state index contributed by atoms with van der Waals surface area (Å²) < 4.78 is 5.28. The van der Waals surface area contributed by atoms with Gasteiger partial charge in [-0.05, 0) is 31.6 Å². The Labute approximate surface area is 131 Å². The number of hydrogen-bond acceptors (Lipinski definition) is 4.